The SMILES string of the molecule is O=C1NCCNC(=O)[C@H](Cc2ccccc2)NCc2cccc(n2)CN[C@H]1Cc1ccccc1. The molecule has 0 spiro atoms. The number of fused-ring (bicyclic) bond motifs is 2. The van der Waals surface area contributed by atoms with Gasteiger partial charge in [0.1, 0.15) is 0 Å². The molecule has 0 fully saturated rings. The van der Waals surface area contributed by atoms with E-state index in [1.807, 2.05) is 78.9 Å². The van der Waals surface area contributed by atoms with Gasteiger partial charge in [-0.1, -0.05) is 66.7 Å². The number of nitrogens with zero attached hydrogens (tertiary/aromatic N) is 1. The number of aromatic nitrogens is 1. The number of hydrogen-bond acceptors (Lipinski definition) is 5. The second-order valence-electron chi connectivity index (χ2n) is 8.45. The van der Waals surface area contributed by atoms with Crippen molar-refractivity contribution in [3.63, 3.8) is 0 Å². The second-order valence-corrected chi connectivity index (χ2v) is 8.45. The van der Waals surface area contributed by atoms with Crippen LogP contribution in [0, 0.1) is 0 Å². The summed E-state index contributed by atoms with van der Waals surface area (Å²) in [6.07, 6.45) is 1.14. The number of carbonyl (C=O) groups excluding carboxylic acids is 2. The highest BCUT2D eigenvalue weighted by atomic mass is 16.2. The Kier molecular flexibility index (Phi) is 8.38. The summed E-state index contributed by atoms with van der Waals surface area (Å²) in [7, 11) is 0. The Morgan fingerprint density at radius 1 is 0.618 bits per heavy atom. The van der Waals surface area contributed by atoms with Crippen molar-refractivity contribution in [2.24, 2.45) is 0 Å². The van der Waals surface area contributed by atoms with Crippen molar-refractivity contribution in [1.29, 1.82) is 0 Å². The second kappa shape index (κ2) is 12.1. The fraction of sp³-hybridized carbons (Fsp3) is 0.296. The zero-order valence-electron chi connectivity index (χ0n) is 19.2. The molecule has 0 aliphatic carbocycles. The summed E-state index contributed by atoms with van der Waals surface area (Å²) in [5.74, 6) is -0.189. The number of rotatable bonds is 4. The van der Waals surface area contributed by atoms with Gasteiger partial charge < -0.3 is 10.6 Å². The Hall–Kier alpha value is -3.55. The first-order valence-corrected chi connectivity index (χ1v) is 11.7. The van der Waals surface area contributed by atoms with E-state index in [4.69, 9.17) is 4.98 Å². The van der Waals surface area contributed by atoms with E-state index in [-0.39, 0.29) is 11.8 Å². The number of pyridine rings is 1. The summed E-state index contributed by atoms with van der Waals surface area (Å²) in [6, 6.07) is 24.9. The van der Waals surface area contributed by atoms with Gasteiger partial charge in [0, 0.05) is 26.2 Å². The monoisotopic (exact) mass is 457 g/mol. The van der Waals surface area contributed by atoms with Crippen LogP contribution in [0.3, 0.4) is 0 Å². The molecule has 0 unspecified atom stereocenters. The molecule has 0 saturated carbocycles. The topological polar surface area (TPSA) is 95.2 Å². The molecule has 2 bridgehead atoms. The average Bonchev–Trinajstić information content (AvgIpc) is 2.87. The first-order chi connectivity index (χ1) is 16.7. The van der Waals surface area contributed by atoms with Crippen molar-refractivity contribution < 1.29 is 9.59 Å². The van der Waals surface area contributed by atoms with Gasteiger partial charge in [0.25, 0.3) is 0 Å². The molecule has 2 aromatic carbocycles. The largest absolute Gasteiger partial charge is 0.353 e. The van der Waals surface area contributed by atoms with Crippen molar-refractivity contribution in [3.8, 4) is 0 Å². The zero-order valence-corrected chi connectivity index (χ0v) is 19.2. The quantitative estimate of drug-likeness (QED) is 0.479. The van der Waals surface area contributed by atoms with Crippen LogP contribution in [0.1, 0.15) is 22.5 Å². The average molecular weight is 458 g/mol. The lowest BCUT2D eigenvalue weighted by Crippen LogP contribution is -2.49. The molecule has 1 aliphatic rings. The van der Waals surface area contributed by atoms with E-state index in [2.05, 4.69) is 21.3 Å². The molecule has 34 heavy (non-hydrogen) atoms. The summed E-state index contributed by atoms with van der Waals surface area (Å²) < 4.78 is 0. The van der Waals surface area contributed by atoms with Gasteiger partial charge >= 0.3 is 0 Å². The third kappa shape index (κ3) is 6.97. The Morgan fingerprint density at radius 3 is 1.50 bits per heavy atom. The van der Waals surface area contributed by atoms with Crippen LogP contribution < -0.4 is 21.3 Å². The molecule has 1 aliphatic heterocycles. The van der Waals surface area contributed by atoms with Crippen molar-refractivity contribution in [3.05, 3.63) is 101 Å². The van der Waals surface area contributed by atoms with Gasteiger partial charge in [-0.15, -0.1) is 0 Å². The van der Waals surface area contributed by atoms with Gasteiger partial charge in [-0.3, -0.25) is 25.2 Å². The third-order valence-corrected chi connectivity index (χ3v) is 5.85. The Balaban J connectivity index is 1.49. The Labute approximate surface area is 200 Å². The molecular formula is C27H31N5O2. The molecular weight excluding hydrogens is 426 g/mol. The molecule has 3 aromatic rings. The van der Waals surface area contributed by atoms with Crippen LogP contribution in [0.4, 0.5) is 0 Å². The standard InChI is InChI=1S/C27H31N5O2/c33-26-24(16-20-8-3-1-4-9-20)30-18-22-12-7-13-23(32-22)19-31-25(27(34)29-15-14-28-26)17-21-10-5-2-6-11-21/h1-13,24-25,30-31H,14-19H2,(H,28,33)(H,29,34)/t24-,25-/m0/s1. The lowest BCUT2D eigenvalue weighted by atomic mass is 10.0. The maximum Gasteiger partial charge on any atom is 0.237 e. The van der Waals surface area contributed by atoms with Crippen molar-refractivity contribution in [2.45, 2.75) is 38.0 Å². The van der Waals surface area contributed by atoms with Crippen LogP contribution in [0.25, 0.3) is 0 Å². The Morgan fingerprint density at radius 2 is 1.06 bits per heavy atom. The Bertz CT molecular complexity index is 992. The highest BCUT2D eigenvalue weighted by Gasteiger charge is 2.21. The fourth-order valence-electron chi connectivity index (χ4n) is 4.01. The van der Waals surface area contributed by atoms with Crippen molar-refractivity contribution >= 4 is 11.8 Å². The normalized spacial score (nSPS) is 19.9. The molecule has 0 saturated heterocycles. The van der Waals surface area contributed by atoms with Crippen LogP contribution in [0.5, 0.6) is 0 Å². The highest BCUT2D eigenvalue weighted by Crippen LogP contribution is 2.08. The fourth-order valence-corrected chi connectivity index (χ4v) is 4.01. The molecule has 4 rings (SSSR count). The number of nitrogens with one attached hydrogen (secondary N) is 4. The van der Waals surface area contributed by atoms with Gasteiger partial charge in [0.2, 0.25) is 11.8 Å². The molecule has 2 heterocycles. The molecule has 2 atom stereocenters. The summed E-state index contributed by atoms with van der Waals surface area (Å²) in [5, 5.41) is 12.6. The lowest BCUT2D eigenvalue weighted by molar-refractivity contribution is -0.125. The molecule has 4 N–H and O–H groups in total. The van der Waals surface area contributed by atoms with Gasteiger partial charge in [-0.25, -0.2) is 0 Å². The third-order valence-electron chi connectivity index (χ3n) is 5.85. The van der Waals surface area contributed by atoms with Gasteiger partial charge in [0.05, 0.1) is 23.5 Å². The van der Waals surface area contributed by atoms with Gasteiger partial charge in [0.15, 0.2) is 0 Å². The minimum absolute atomic E-state index is 0.0944. The number of hydrogen-bond donors (Lipinski definition) is 4. The van der Waals surface area contributed by atoms with E-state index in [0.717, 1.165) is 22.5 Å². The maximum absolute atomic E-state index is 12.9. The number of amides is 2. The summed E-state index contributed by atoms with van der Waals surface area (Å²) in [6.45, 7) is 1.68. The predicted octanol–water partition coefficient (Wildman–Crippen LogP) is 1.73. The van der Waals surface area contributed by atoms with Crippen LogP contribution in [-0.4, -0.2) is 42.0 Å². The smallest absolute Gasteiger partial charge is 0.237 e. The zero-order chi connectivity index (χ0) is 23.6. The minimum Gasteiger partial charge on any atom is -0.353 e. The molecule has 7 nitrogen and oxygen atoms in total. The van der Waals surface area contributed by atoms with Gasteiger partial charge in [-0.05, 0) is 36.1 Å². The van der Waals surface area contributed by atoms with Gasteiger partial charge in [-0.2, -0.15) is 0 Å². The van der Waals surface area contributed by atoms with Crippen LogP contribution in [-0.2, 0) is 35.5 Å². The van der Waals surface area contributed by atoms with Crippen LogP contribution in [0.2, 0.25) is 0 Å². The maximum atomic E-state index is 12.9. The predicted molar refractivity (Wildman–Crippen MR) is 132 cm³/mol. The minimum atomic E-state index is -0.405. The van der Waals surface area contributed by atoms with E-state index in [0.29, 0.717) is 39.0 Å². The number of benzene rings is 2. The summed E-state index contributed by atoms with van der Waals surface area (Å²) in [5.41, 5.74) is 3.86. The highest BCUT2D eigenvalue weighted by molar-refractivity contribution is 5.83. The molecule has 0 radical (unpaired) electrons. The molecule has 7 heteroatoms. The molecule has 1 aromatic heterocycles. The van der Waals surface area contributed by atoms with E-state index in [1.165, 1.54) is 0 Å². The van der Waals surface area contributed by atoms with E-state index in [1.54, 1.807) is 0 Å². The van der Waals surface area contributed by atoms with E-state index >= 15 is 0 Å². The van der Waals surface area contributed by atoms with Crippen LogP contribution >= 0.6 is 0 Å². The van der Waals surface area contributed by atoms with E-state index < -0.39 is 12.1 Å². The first-order valence-electron chi connectivity index (χ1n) is 11.7. The summed E-state index contributed by atoms with van der Waals surface area (Å²) >= 11 is 0. The molecule has 176 valence electrons. The summed E-state index contributed by atoms with van der Waals surface area (Å²) in [4.78, 5) is 30.6. The van der Waals surface area contributed by atoms with Crippen molar-refractivity contribution in [1.82, 2.24) is 26.3 Å². The first kappa shape index (κ1) is 23.6. The van der Waals surface area contributed by atoms with Crippen LogP contribution in [0.15, 0.2) is 78.9 Å². The van der Waals surface area contributed by atoms with Crippen molar-refractivity contribution in [2.75, 3.05) is 13.1 Å². The number of carbonyl (C=O) groups is 2. The lowest BCUT2D eigenvalue weighted by Gasteiger charge is -2.19. The molecule has 2 amide bonds. The van der Waals surface area contributed by atoms with E-state index in [9.17, 15) is 9.59 Å².